The topological polar surface area (TPSA) is 61.0 Å². The first-order valence-corrected chi connectivity index (χ1v) is 10.6. The van der Waals surface area contributed by atoms with E-state index in [1.807, 2.05) is 0 Å². The fourth-order valence-corrected chi connectivity index (χ4v) is 4.28. The van der Waals surface area contributed by atoms with Gasteiger partial charge in [0.1, 0.15) is 18.1 Å². The quantitative estimate of drug-likeness (QED) is 0.532. The number of hydrogen-bond donors (Lipinski definition) is 2. The minimum absolute atomic E-state index is 0.0354. The van der Waals surface area contributed by atoms with Gasteiger partial charge in [-0.1, -0.05) is 12.1 Å². The molecule has 1 fully saturated rings. The second-order valence-corrected chi connectivity index (χ2v) is 8.19. The van der Waals surface area contributed by atoms with Gasteiger partial charge in [-0.2, -0.15) is 13.2 Å². The molecule has 0 unspecified atom stereocenters. The Hall–Kier alpha value is -2.94. The van der Waals surface area contributed by atoms with E-state index in [1.54, 1.807) is 30.5 Å². The van der Waals surface area contributed by atoms with E-state index in [0.717, 1.165) is 16.9 Å². The molecule has 0 bridgehead atoms. The lowest BCUT2D eigenvalue weighted by Gasteiger charge is -2.38. The zero-order chi connectivity index (χ0) is 22.7. The number of fused-ring (bicyclic) bond motifs is 1. The minimum Gasteiger partial charge on any atom is -0.349 e. The number of hydrogen-bond acceptors (Lipinski definition) is 3. The number of nitrogens with zero attached hydrogens (tertiary/aromatic N) is 2. The summed E-state index contributed by atoms with van der Waals surface area (Å²) in [5.41, 5.74) is 2.13. The molecule has 9 heteroatoms. The number of alkyl halides is 3. The summed E-state index contributed by atoms with van der Waals surface area (Å²) in [6.45, 7) is -0.817. The number of benzene rings is 1. The zero-order valence-corrected chi connectivity index (χ0v) is 17.3. The van der Waals surface area contributed by atoms with Gasteiger partial charge in [-0.15, -0.1) is 0 Å². The Bertz CT molecular complexity index is 1030. The van der Waals surface area contributed by atoms with E-state index in [1.165, 1.54) is 18.2 Å². The molecule has 5 nitrogen and oxygen atoms in total. The summed E-state index contributed by atoms with van der Waals surface area (Å²) < 4.78 is 53.2. The molecule has 0 saturated heterocycles. The van der Waals surface area contributed by atoms with Crippen molar-refractivity contribution in [2.75, 3.05) is 6.54 Å². The molecule has 32 heavy (non-hydrogen) atoms. The number of rotatable bonds is 6. The molecule has 170 valence electrons. The van der Waals surface area contributed by atoms with Gasteiger partial charge >= 0.3 is 6.18 Å². The van der Waals surface area contributed by atoms with Crippen LogP contribution in [-0.4, -0.2) is 45.6 Å². The molecule has 1 saturated carbocycles. The van der Waals surface area contributed by atoms with E-state index in [9.17, 15) is 22.4 Å². The van der Waals surface area contributed by atoms with Crippen LogP contribution in [0.25, 0.3) is 11.0 Å². The second kappa shape index (κ2) is 9.28. The summed E-state index contributed by atoms with van der Waals surface area (Å²) in [4.78, 5) is 21.1. The normalized spacial score (nSPS) is 19.2. The van der Waals surface area contributed by atoms with Crippen LogP contribution in [-0.2, 0) is 6.54 Å². The first-order valence-electron chi connectivity index (χ1n) is 10.6. The van der Waals surface area contributed by atoms with Crippen molar-refractivity contribution in [3.05, 3.63) is 65.7 Å². The maximum absolute atomic E-state index is 13.4. The predicted octanol–water partition coefficient (Wildman–Crippen LogP) is 4.81. The molecule has 1 amide bonds. The summed E-state index contributed by atoms with van der Waals surface area (Å²) in [5.74, 6) is -0.996. The predicted molar refractivity (Wildman–Crippen MR) is 112 cm³/mol. The molecule has 0 aliphatic heterocycles. The highest BCUT2D eigenvalue weighted by Crippen LogP contribution is 2.29. The standard InChI is InChI=1S/C23H24F4N4O/c24-16-8-6-15(7-9-16)13-29-17-3-1-4-18(11-17)31(14-23(25,26)27)22(32)21-12-20-19(30-21)5-2-10-28-20/h2,5-10,12,17-18,29-30H,1,3-4,11,13-14H2/t17-,18+/m1/s1. The number of H-pyrrole nitrogens is 1. The van der Waals surface area contributed by atoms with Crippen LogP contribution < -0.4 is 5.32 Å². The molecule has 2 N–H and O–H groups in total. The van der Waals surface area contributed by atoms with Crippen LogP contribution in [0.4, 0.5) is 17.6 Å². The molecule has 0 radical (unpaired) electrons. The van der Waals surface area contributed by atoms with Crippen molar-refractivity contribution in [1.29, 1.82) is 0 Å². The van der Waals surface area contributed by atoms with Crippen molar-refractivity contribution in [2.45, 2.75) is 50.5 Å². The first kappa shape index (κ1) is 22.3. The highest BCUT2D eigenvalue weighted by Gasteiger charge is 2.39. The zero-order valence-electron chi connectivity index (χ0n) is 17.3. The Balaban J connectivity index is 1.48. The summed E-state index contributed by atoms with van der Waals surface area (Å²) in [6, 6.07) is 10.4. The molecule has 3 aromatic rings. The van der Waals surface area contributed by atoms with Crippen LogP contribution in [0.2, 0.25) is 0 Å². The number of nitrogens with one attached hydrogen (secondary N) is 2. The number of aromatic nitrogens is 2. The van der Waals surface area contributed by atoms with Gasteiger partial charge in [0, 0.05) is 24.8 Å². The van der Waals surface area contributed by atoms with E-state index in [2.05, 4.69) is 15.3 Å². The molecular weight excluding hydrogens is 424 g/mol. The average molecular weight is 448 g/mol. The number of carbonyl (C=O) groups is 1. The van der Waals surface area contributed by atoms with Crippen molar-refractivity contribution in [1.82, 2.24) is 20.2 Å². The Labute approximate surface area is 182 Å². The van der Waals surface area contributed by atoms with Crippen molar-refractivity contribution >= 4 is 16.9 Å². The third-order valence-corrected chi connectivity index (χ3v) is 5.83. The highest BCUT2D eigenvalue weighted by molar-refractivity contribution is 5.97. The average Bonchev–Trinajstić information content (AvgIpc) is 3.21. The van der Waals surface area contributed by atoms with Crippen LogP contribution in [0.1, 0.15) is 41.7 Å². The van der Waals surface area contributed by atoms with Crippen LogP contribution in [0, 0.1) is 5.82 Å². The van der Waals surface area contributed by atoms with Gasteiger partial charge in [-0.3, -0.25) is 9.78 Å². The lowest BCUT2D eigenvalue weighted by Crippen LogP contribution is -2.50. The number of halogens is 4. The molecule has 1 aliphatic carbocycles. The van der Waals surface area contributed by atoms with Gasteiger partial charge < -0.3 is 15.2 Å². The maximum atomic E-state index is 13.4. The summed E-state index contributed by atoms with van der Waals surface area (Å²) in [5, 5.41) is 3.35. The number of carbonyl (C=O) groups excluding carboxylic acids is 1. The van der Waals surface area contributed by atoms with E-state index in [4.69, 9.17) is 0 Å². The molecule has 2 atom stereocenters. The Morgan fingerprint density at radius 1 is 1.19 bits per heavy atom. The fraction of sp³-hybridized carbons (Fsp3) is 0.391. The SMILES string of the molecule is O=C(c1cc2ncccc2[nH]1)N(CC(F)(F)F)[C@H]1CCC[C@@H](NCc2ccc(F)cc2)C1. The highest BCUT2D eigenvalue weighted by atomic mass is 19.4. The molecule has 4 rings (SSSR count). The third kappa shape index (κ3) is 5.45. The van der Waals surface area contributed by atoms with Gasteiger partial charge in [-0.25, -0.2) is 4.39 Å². The van der Waals surface area contributed by atoms with Crippen LogP contribution in [0.3, 0.4) is 0 Å². The fourth-order valence-electron chi connectivity index (χ4n) is 4.28. The summed E-state index contributed by atoms with van der Waals surface area (Å²) >= 11 is 0. The third-order valence-electron chi connectivity index (χ3n) is 5.83. The molecular formula is C23H24F4N4O. The van der Waals surface area contributed by atoms with Crippen molar-refractivity contribution in [2.24, 2.45) is 0 Å². The second-order valence-electron chi connectivity index (χ2n) is 8.19. The summed E-state index contributed by atoms with van der Waals surface area (Å²) in [7, 11) is 0. The van der Waals surface area contributed by atoms with Crippen molar-refractivity contribution in [3.8, 4) is 0 Å². The van der Waals surface area contributed by atoms with Gasteiger partial charge in [-0.05, 0) is 61.6 Å². The number of amides is 1. The molecule has 1 aliphatic rings. The smallest absolute Gasteiger partial charge is 0.349 e. The molecule has 1 aromatic carbocycles. The van der Waals surface area contributed by atoms with Crippen LogP contribution in [0.15, 0.2) is 48.7 Å². The van der Waals surface area contributed by atoms with Crippen molar-refractivity contribution in [3.63, 3.8) is 0 Å². The van der Waals surface area contributed by atoms with Gasteiger partial charge in [0.05, 0.1) is 11.0 Å². The largest absolute Gasteiger partial charge is 0.406 e. The van der Waals surface area contributed by atoms with Gasteiger partial charge in [0.2, 0.25) is 0 Å². The number of pyridine rings is 1. The lowest BCUT2D eigenvalue weighted by molar-refractivity contribution is -0.146. The number of aromatic amines is 1. The lowest BCUT2D eigenvalue weighted by atomic mass is 9.89. The molecule has 0 spiro atoms. The summed E-state index contributed by atoms with van der Waals surface area (Å²) in [6.07, 6.45) is -0.495. The maximum Gasteiger partial charge on any atom is 0.406 e. The van der Waals surface area contributed by atoms with E-state index in [0.29, 0.717) is 36.8 Å². The Morgan fingerprint density at radius 3 is 2.69 bits per heavy atom. The first-order chi connectivity index (χ1) is 15.3. The van der Waals surface area contributed by atoms with Crippen LogP contribution >= 0.6 is 0 Å². The Morgan fingerprint density at radius 2 is 1.97 bits per heavy atom. The van der Waals surface area contributed by atoms with Crippen LogP contribution in [0.5, 0.6) is 0 Å². The monoisotopic (exact) mass is 448 g/mol. The van der Waals surface area contributed by atoms with Crippen molar-refractivity contribution < 1.29 is 22.4 Å². The molecule has 2 heterocycles. The molecule has 2 aromatic heterocycles. The van der Waals surface area contributed by atoms with Gasteiger partial charge in [0.15, 0.2) is 0 Å². The van der Waals surface area contributed by atoms with E-state index < -0.39 is 24.7 Å². The Kier molecular flexibility index (Phi) is 6.45. The minimum atomic E-state index is -4.51. The van der Waals surface area contributed by atoms with E-state index in [-0.39, 0.29) is 17.6 Å². The van der Waals surface area contributed by atoms with E-state index >= 15 is 0 Å². The van der Waals surface area contributed by atoms with Gasteiger partial charge in [0.25, 0.3) is 5.91 Å².